The summed E-state index contributed by atoms with van der Waals surface area (Å²) >= 11 is 0. The van der Waals surface area contributed by atoms with E-state index in [0.29, 0.717) is 19.6 Å². The van der Waals surface area contributed by atoms with Gasteiger partial charge >= 0.3 is 0 Å². The smallest absolute Gasteiger partial charge is 0.239 e. The van der Waals surface area contributed by atoms with Crippen molar-refractivity contribution < 1.29 is 9.53 Å². The third kappa shape index (κ3) is 7.86. The second-order valence-corrected chi connectivity index (χ2v) is 6.61. The Kier molecular flexibility index (Phi) is 9.48. The number of unbranched alkanes of at least 4 members (excludes halogenated alkanes) is 1. The molecule has 150 valence electrons. The molecule has 0 aromatic heterocycles. The van der Waals surface area contributed by atoms with Gasteiger partial charge in [0, 0.05) is 52.1 Å². The van der Waals surface area contributed by atoms with Gasteiger partial charge in [0.25, 0.3) is 0 Å². The fourth-order valence-corrected chi connectivity index (χ4v) is 2.82. The fourth-order valence-electron chi connectivity index (χ4n) is 2.82. The minimum Gasteiger partial charge on any atom is -0.381 e. The molecule has 2 rings (SSSR count). The number of amides is 1. The van der Waals surface area contributed by atoms with E-state index < -0.39 is 0 Å². The molecule has 0 saturated carbocycles. The number of hydrogen-bond donors (Lipinski definition) is 3. The van der Waals surface area contributed by atoms with E-state index >= 15 is 0 Å². The molecule has 0 aliphatic carbocycles. The maximum absolute atomic E-state index is 11.5. The molecule has 1 saturated heterocycles. The summed E-state index contributed by atoms with van der Waals surface area (Å²) in [6.07, 6.45) is 3.26. The van der Waals surface area contributed by atoms with Gasteiger partial charge in [-0.05, 0) is 30.5 Å². The number of aliphatic imine (C=N–C) groups is 1. The summed E-state index contributed by atoms with van der Waals surface area (Å²) in [5, 5.41) is 9.48. The van der Waals surface area contributed by atoms with Gasteiger partial charge in [-0.25, -0.2) is 0 Å². The zero-order valence-electron chi connectivity index (χ0n) is 16.6. The average molecular weight is 376 g/mol. The van der Waals surface area contributed by atoms with Crippen LogP contribution in [0.1, 0.15) is 31.7 Å². The first-order valence-corrected chi connectivity index (χ1v) is 9.85. The van der Waals surface area contributed by atoms with Crippen molar-refractivity contribution in [1.29, 1.82) is 0 Å². The molecule has 0 spiro atoms. The van der Waals surface area contributed by atoms with E-state index in [4.69, 9.17) is 4.74 Å². The van der Waals surface area contributed by atoms with Gasteiger partial charge < -0.3 is 25.6 Å². The Morgan fingerprint density at radius 1 is 1.22 bits per heavy atom. The monoisotopic (exact) mass is 375 g/mol. The molecule has 1 aliphatic rings. The minimum absolute atomic E-state index is 0.0811. The van der Waals surface area contributed by atoms with Crippen molar-refractivity contribution in [3.63, 3.8) is 0 Å². The summed E-state index contributed by atoms with van der Waals surface area (Å²) in [6.45, 7) is 7.31. The predicted octanol–water partition coefficient (Wildman–Crippen LogP) is 1.49. The topological polar surface area (TPSA) is 78.0 Å². The van der Waals surface area contributed by atoms with Crippen LogP contribution in [-0.4, -0.2) is 58.3 Å². The lowest BCUT2D eigenvalue weighted by molar-refractivity contribution is -0.120. The highest BCUT2D eigenvalue weighted by molar-refractivity contribution is 5.82. The van der Waals surface area contributed by atoms with Crippen LogP contribution in [0.5, 0.6) is 0 Å². The van der Waals surface area contributed by atoms with Crippen molar-refractivity contribution in [2.45, 2.75) is 32.7 Å². The van der Waals surface area contributed by atoms with Crippen molar-refractivity contribution in [3.05, 3.63) is 29.8 Å². The number of benzene rings is 1. The Bertz CT molecular complexity index is 589. The zero-order valence-corrected chi connectivity index (χ0v) is 16.6. The van der Waals surface area contributed by atoms with Gasteiger partial charge in [0.2, 0.25) is 5.91 Å². The van der Waals surface area contributed by atoms with Gasteiger partial charge in [0.1, 0.15) is 0 Å². The van der Waals surface area contributed by atoms with Crippen molar-refractivity contribution in [3.8, 4) is 0 Å². The first-order chi connectivity index (χ1) is 13.2. The number of piperazine rings is 1. The molecule has 1 aromatic rings. The third-order valence-corrected chi connectivity index (χ3v) is 4.42. The van der Waals surface area contributed by atoms with Crippen LogP contribution < -0.4 is 20.9 Å². The second kappa shape index (κ2) is 12.2. The zero-order chi connectivity index (χ0) is 19.3. The summed E-state index contributed by atoms with van der Waals surface area (Å²) in [4.78, 5) is 17.9. The molecule has 0 unspecified atom stereocenters. The van der Waals surface area contributed by atoms with E-state index in [1.54, 1.807) is 7.05 Å². The van der Waals surface area contributed by atoms with Crippen molar-refractivity contribution in [2.75, 3.05) is 51.3 Å². The molecule has 1 aromatic carbocycles. The number of anilines is 1. The van der Waals surface area contributed by atoms with Gasteiger partial charge in [0.05, 0.1) is 6.54 Å². The third-order valence-electron chi connectivity index (χ3n) is 4.42. The normalized spacial score (nSPS) is 14.8. The van der Waals surface area contributed by atoms with E-state index in [-0.39, 0.29) is 5.91 Å². The van der Waals surface area contributed by atoms with Crippen molar-refractivity contribution in [1.82, 2.24) is 16.0 Å². The van der Waals surface area contributed by atoms with E-state index in [0.717, 1.165) is 50.8 Å². The number of ether oxygens (including phenoxy) is 1. The summed E-state index contributed by atoms with van der Waals surface area (Å²) in [6, 6.07) is 8.31. The number of carbonyl (C=O) groups excluding carboxylic acids is 1. The van der Waals surface area contributed by atoms with Crippen LogP contribution in [0, 0.1) is 0 Å². The number of rotatable bonds is 10. The summed E-state index contributed by atoms with van der Waals surface area (Å²) in [5.74, 6) is 0.873. The lowest BCUT2D eigenvalue weighted by Gasteiger charge is -2.28. The van der Waals surface area contributed by atoms with Gasteiger partial charge in [-0.15, -0.1) is 0 Å². The van der Waals surface area contributed by atoms with Crippen molar-refractivity contribution in [2.24, 2.45) is 4.99 Å². The standard InChI is InChI=1S/C20H33N5O2/c1-3-4-13-27-14-5-10-23-20(21-2)24-15-17-6-8-18(9-7-17)25-12-11-22-19(26)16-25/h6-9H,3-5,10-16H2,1-2H3,(H,22,26)(H2,21,23,24). The fraction of sp³-hybridized carbons (Fsp3) is 0.600. The summed E-state index contributed by atoms with van der Waals surface area (Å²) in [5.41, 5.74) is 2.25. The van der Waals surface area contributed by atoms with Crippen LogP contribution in [0.25, 0.3) is 0 Å². The maximum atomic E-state index is 11.5. The molecule has 0 bridgehead atoms. The molecule has 1 fully saturated rings. The first-order valence-electron chi connectivity index (χ1n) is 9.85. The van der Waals surface area contributed by atoms with Crippen LogP contribution >= 0.6 is 0 Å². The highest BCUT2D eigenvalue weighted by Gasteiger charge is 2.16. The highest BCUT2D eigenvalue weighted by Crippen LogP contribution is 2.15. The Labute approximate surface area is 162 Å². The minimum atomic E-state index is 0.0811. The number of nitrogens with one attached hydrogen (secondary N) is 3. The first kappa shape index (κ1) is 21.0. The largest absolute Gasteiger partial charge is 0.381 e. The Morgan fingerprint density at radius 3 is 2.70 bits per heavy atom. The molecule has 0 radical (unpaired) electrons. The molecule has 1 aliphatic heterocycles. The molecule has 27 heavy (non-hydrogen) atoms. The van der Waals surface area contributed by atoms with Crippen LogP contribution in [0.2, 0.25) is 0 Å². The number of guanidine groups is 1. The lowest BCUT2D eigenvalue weighted by Crippen LogP contribution is -2.47. The number of carbonyl (C=O) groups is 1. The molecule has 7 heteroatoms. The van der Waals surface area contributed by atoms with E-state index in [2.05, 4.69) is 57.0 Å². The molecular formula is C20H33N5O2. The number of hydrogen-bond acceptors (Lipinski definition) is 4. The van der Waals surface area contributed by atoms with Gasteiger partial charge in [-0.1, -0.05) is 25.5 Å². The SMILES string of the molecule is CCCCOCCCNC(=NC)NCc1ccc(N2CCNC(=O)C2)cc1. The molecule has 1 amide bonds. The molecule has 3 N–H and O–H groups in total. The summed E-state index contributed by atoms with van der Waals surface area (Å²) < 4.78 is 5.56. The van der Waals surface area contributed by atoms with Gasteiger partial charge in [-0.2, -0.15) is 0 Å². The Balaban J connectivity index is 1.67. The summed E-state index contributed by atoms with van der Waals surface area (Å²) in [7, 11) is 1.78. The molecule has 0 atom stereocenters. The Morgan fingerprint density at radius 2 is 2.00 bits per heavy atom. The van der Waals surface area contributed by atoms with E-state index in [1.807, 2.05) is 0 Å². The van der Waals surface area contributed by atoms with E-state index in [1.165, 1.54) is 12.0 Å². The molecule has 7 nitrogen and oxygen atoms in total. The lowest BCUT2D eigenvalue weighted by atomic mass is 10.2. The van der Waals surface area contributed by atoms with E-state index in [9.17, 15) is 4.79 Å². The van der Waals surface area contributed by atoms with Crippen LogP contribution in [0.3, 0.4) is 0 Å². The van der Waals surface area contributed by atoms with Gasteiger partial charge in [0.15, 0.2) is 5.96 Å². The predicted molar refractivity (Wildman–Crippen MR) is 110 cm³/mol. The van der Waals surface area contributed by atoms with Crippen LogP contribution in [-0.2, 0) is 16.1 Å². The second-order valence-electron chi connectivity index (χ2n) is 6.61. The maximum Gasteiger partial charge on any atom is 0.239 e. The Hall–Kier alpha value is -2.28. The van der Waals surface area contributed by atoms with Crippen molar-refractivity contribution >= 4 is 17.6 Å². The van der Waals surface area contributed by atoms with Crippen LogP contribution in [0.4, 0.5) is 5.69 Å². The number of nitrogens with zero attached hydrogens (tertiary/aromatic N) is 2. The van der Waals surface area contributed by atoms with Gasteiger partial charge in [-0.3, -0.25) is 9.79 Å². The quantitative estimate of drug-likeness (QED) is 0.328. The molecular weight excluding hydrogens is 342 g/mol. The highest BCUT2D eigenvalue weighted by atomic mass is 16.5. The average Bonchev–Trinajstić information content (AvgIpc) is 2.70. The van der Waals surface area contributed by atoms with Crippen LogP contribution in [0.15, 0.2) is 29.3 Å². The molecule has 1 heterocycles.